The predicted octanol–water partition coefficient (Wildman–Crippen LogP) is 2.81. The molecular weight excluding hydrogens is 148 g/mol. The fourth-order valence-corrected chi connectivity index (χ4v) is 1.58. The van der Waals surface area contributed by atoms with E-state index in [1.807, 2.05) is 0 Å². The maximum absolute atomic E-state index is 5.48. The van der Waals surface area contributed by atoms with E-state index in [4.69, 9.17) is 4.74 Å². The predicted molar refractivity (Wildman–Crippen MR) is 49.7 cm³/mol. The Bertz CT molecular complexity index is 281. The standard InChI is InChI=1S/C11H14O/c1-8-3-4-11-10(5-6-12-11)7-9(8)2/h3-4,7-8H,5-6H2,1-2H3. The largest absolute Gasteiger partial charge is 0.493 e. The fourth-order valence-electron chi connectivity index (χ4n) is 1.58. The van der Waals surface area contributed by atoms with Gasteiger partial charge >= 0.3 is 0 Å². The smallest absolute Gasteiger partial charge is 0.122 e. The van der Waals surface area contributed by atoms with Crippen molar-refractivity contribution in [2.24, 2.45) is 5.92 Å². The minimum atomic E-state index is 0.555. The van der Waals surface area contributed by atoms with Crippen LogP contribution in [0.25, 0.3) is 0 Å². The average Bonchev–Trinajstić information content (AvgIpc) is 2.43. The number of ether oxygens (including phenoxy) is 1. The fraction of sp³-hybridized carbons (Fsp3) is 0.455. The van der Waals surface area contributed by atoms with Gasteiger partial charge < -0.3 is 4.74 Å². The molecule has 0 aromatic carbocycles. The molecule has 1 nitrogen and oxygen atoms in total. The molecule has 0 aromatic heterocycles. The summed E-state index contributed by atoms with van der Waals surface area (Å²) in [6.07, 6.45) is 7.66. The van der Waals surface area contributed by atoms with Crippen LogP contribution in [0.3, 0.4) is 0 Å². The SMILES string of the molecule is CC1=CC2=C(C=CC1C)OCC2. The van der Waals surface area contributed by atoms with Gasteiger partial charge in [-0.05, 0) is 24.5 Å². The second-order valence-corrected chi connectivity index (χ2v) is 3.52. The first-order chi connectivity index (χ1) is 5.77. The van der Waals surface area contributed by atoms with Gasteiger partial charge in [0.25, 0.3) is 0 Å². The topological polar surface area (TPSA) is 9.23 Å². The zero-order valence-corrected chi connectivity index (χ0v) is 7.63. The molecule has 0 aromatic rings. The van der Waals surface area contributed by atoms with Crippen molar-refractivity contribution in [2.45, 2.75) is 20.3 Å². The second-order valence-electron chi connectivity index (χ2n) is 3.52. The van der Waals surface area contributed by atoms with Crippen molar-refractivity contribution in [3.8, 4) is 0 Å². The normalized spacial score (nSPS) is 27.8. The molecule has 0 spiro atoms. The summed E-state index contributed by atoms with van der Waals surface area (Å²) < 4.78 is 5.48. The summed E-state index contributed by atoms with van der Waals surface area (Å²) in [4.78, 5) is 0. The van der Waals surface area contributed by atoms with E-state index in [2.05, 4.69) is 32.1 Å². The highest BCUT2D eigenvalue weighted by atomic mass is 16.5. The van der Waals surface area contributed by atoms with Crippen LogP contribution in [0, 0.1) is 5.92 Å². The van der Waals surface area contributed by atoms with E-state index < -0.39 is 0 Å². The Hall–Kier alpha value is -0.980. The van der Waals surface area contributed by atoms with Crippen LogP contribution < -0.4 is 0 Å². The Kier molecular flexibility index (Phi) is 1.80. The third-order valence-corrected chi connectivity index (χ3v) is 2.60. The summed E-state index contributed by atoms with van der Waals surface area (Å²) in [5.74, 6) is 1.64. The van der Waals surface area contributed by atoms with Gasteiger partial charge in [-0.1, -0.05) is 24.6 Å². The van der Waals surface area contributed by atoms with Gasteiger partial charge in [0.1, 0.15) is 5.76 Å². The highest BCUT2D eigenvalue weighted by Crippen LogP contribution is 2.28. The lowest BCUT2D eigenvalue weighted by Crippen LogP contribution is -1.90. The molecule has 0 fully saturated rings. The van der Waals surface area contributed by atoms with Crippen LogP contribution in [-0.4, -0.2) is 6.61 Å². The lowest BCUT2D eigenvalue weighted by molar-refractivity contribution is 0.257. The van der Waals surface area contributed by atoms with E-state index in [0.717, 1.165) is 18.8 Å². The molecule has 0 bridgehead atoms. The minimum absolute atomic E-state index is 0.555. The van der Waals surface area contributed by atoms with Crippen molar-refractivity contribution in [3.05, 3.63) is 35.1 Å². The van der Waals surface area contributed by atoms with E-state index in [1.54, 1.807) is 0 Å². The molecule has 1 unspecified atom stereocenters. The summed E-state index contributed by atoms with van der Waals surface area (Å²) in [7, 11) is 0. The van der Waals surface area contributed by atoms with Gasteiger partial charge in [0, 0.05) is 6.42 Å². The first kappa shape index (κ1) is 7.66. The van der Waals surface area contributed by atoms with E-state index >= 15 is 0 Å². The van der Waals surface area contributed by atoms with Gasteiger partial charge in [-0.3, -0.25) is 0 Å². The Morgan fingerprint density at radius 3 is 3.17 bits per heavy atom. The summed E-state index contributed by atoms with van der Waals surface area (Å²) in [5, 5.41) is 0. The number of hydrogen-bond acceptors (Lipinski definition) is 1. The Balaban J connectivity index is 2.37. The molecule has 0 amide bonds. The van der Waals surface area contributed by atoms with Crippen molar-refractivity contribution in [1.29, 1.82) is 0 Å². The van der Waals surface area contributed by atoms with Crippen LogP contribution in [0.4, 0.5) is 0 Å². The van der Waals surface area contributed by atoms with Gasteiger partial charge in [-0.25, -0.2) is 0 Å². The first-order valence-electron chi connectivity index (χ1n) is 4.50. The quantitative estimate of drug-likeness (QED) is 0.532. The Morgan fingerprint density at radius 1 is 1.50 bits per heavy atom. The van der Waals surface area contributed by atoms with Crippen molar-refractivity contribution in [1.82, 2.24) is 0 Å². The molecule has 1 heterocycles. The van der Waals surface area contributed by atoms with Gasteiger partial charge in [-0.15, -0.1) is 0 Å². The molecule has 12 heavy (non-hydrogen) atoms. The van der Waals surface area contributed by atoms with E-state index in [1.165, 1.54) is 11.1 Å². The molecule has 2 rings (SSSR count). The maximum atomic E-state index is 5.48. The van der Waals surface area contributed by atoms with Gasteiger partial charge in [-0.2, -0.15) is 0 Å². The highest BCUT2D eigenvalue weighted by molar-refractivity contribution is 5.38. The van der Waals surface area contributed by atoms with Gasteiger partial charge in [0.15, 0.2) is 0 Å². The molecule has 2 aliphatic rings. The Morgan fingerprint density at radius 2 is 2.33 bits per heavy atom. The molecule has 0 saturated heterocycles. The Labute approximate surface area is 73.4 Å². The first-order valence-corrected chi connectivity index (χ1v) is 4.50. The number of rotatable bonds is 0. The molecule has 1 aliphatic carbocycles. The van der Waals surface area contributed by atoms with Crippen molar-refractivity contribution in [2.75, 3.05) is 6.61 Å². The zero-order valence-electron chi connectivity index (χ0n) is 7.63. The number of allylic oxidation sites excluding steroid dienone is 4. The van der Waals surface area contributed by atoms with Crippen LogP contribution in [-0.2, 0) is 4.74 Å². The van der Waals surface area contributed by atoms with Crippen LogP contribution in [0.5, 0.6) is 0 Å². The van der Waals surface area contributed by atoms with Crippen LogP contribution in [0.1, 0.15) is 20.3 Å². The molecular formula is C11H14O. The van der Waals surface area contributed by atoms with Crippen molar-refractivity contribution < 1.29 is 4.74 Å². The average molecular weight is 162 g/mol. The van der Waals surface area contributed by atoms with E-state index in [9.17, 15) is 0 Å². The molecule has 0 N–H and O–H groups in total. The van der Waals surface area contributed by atoms with Crippen molar-refractivity contribution in [3.63, 3.8) is 0 Å². The number of hydrogen-bond donors (Lipinski definition) is 0. The molecule has 1 atom stereocenters. The van der Waals surface area contributed by atoms with Crippen LogP contribution in [0.2, 0.25) is 0 Å². The third kappa shape index (κ3) is 1.20. The molecule has 0 radical (unpaired) electrons. The summed E-state index contributed by atoms with van der Waals surface area (Å²) in [6.45, 7) is 5.25. The molecule has 1 heteroatoms. The molecule has 64 valence electrons. The van der Waals surface area contributed by atoms with Crippen LogP contribution in [0.15, 0.2) is 35.1 Å². The summed E-state index contributed by atoms with van der Waals surface area (Å²) in [5.41, 5.74) is 2.80. The minimum Gasteiger partial charge on any atom is -0.493 e. The van der Waals surface area contributed by atoms with E-state index in [0.29, 0.717) is 5.92 Å². The second kappa shape index (κ2) is 2.81. The maximum Gasteiger partial charge on any atom is 0.122 e. The molecule has 0 saturated carbocycles. The van der Waals surface area contributed by atoms with Gasteiger partial charge in [0.05, 0.1) is 6.61 Å². The van der Waals surface area contributed by atoms with Crippen molar-refractivity contribution >= 4 is 0 Å². The van der Waals surface area contributed by atoms with E-state index in [-0.39, 0.29) is 0 Å². The zero-order chi connectivity index (χ0) is 8.55. The van der Waals surface area contributed by atoms with Crippen LogP contribution >= 0.6 is 0 Å². The lowest BCUT2D eigenvalue weighted by Gasteiger charge is -2.04. The third-order valence-electron chi connectivity index (χ3n) is 2.60. The molecule has 1 aliphatic heterocycles. The van der Waals surface area contributed by atoms with Gasteiger partial charge in [0.2, 0.25) is 0 Å². The summed E-state index contributed by atoms with van der Waals surface area (Å²) in [6, 6.07) is 0. The monoisotopic (exact) mass is 162 g/mol. The summed E-state index contributed by atoms with van der Waals surface area (Å²) >= 11 is 0. The highest BCUT2D eigenvalue weighted by Gasteiger charge is 2.15. The lowest BCUT2D eigenvalue weighted by atomic mass is 10.0.